The van der Waals surface area contributed by atoms with Gasteiger partial charge < -0.3 is 15.7 Å². The van der Waals surface area contributed by atoms with E-state index in [1.54, 1.807) is 19.2 Å². The molecule has 0 fully saturated rings. The van der Waals surface area contributed by atoms with E-state index < -0.39 is 5.97 Å². The van der Waals surface area contributed by atoms with Crippen LogP contribution in [0.2, 0.25) is 0 Å². The fourth-order valence-corrected chi connectivity index (χ4v) is 2.10. The molecule has 3 N–H and O–H groups in total. The summed E-state index contributed by atoms with van der Waals surface area (Å²) in [6.07, 6.45) is 0.743. The number of hydrogen-bond donors (Lipinski definition) is 2. The monoisotopic (exact) mass is 278 g/mol. The van der Waals surface area contributed by atoms with Gasteiger partial charge >= 0.3 is 5.97 Å². The lowest BCUT2D eigenvalue weighted by molar-refractivity contribution is -0.122. The molecular weight excluding hydrogens is 256 g/mol. The van der Waals surface area contributed by atoms with Crippen molar-refractivity contribution < 1.29 is 14.7 Å². The van der Waals surface area contributed by atoms with Gasteiger partial charge in [0.1, 0.15) is 0 Å². The van der Waals surface area contributed by atoms with Crippen molar-refractivity contribution in [2.45, 2.75) is 20.3 Å². The van der Waals surface area contributed by atoms with Gasteiger partial charge in [0.25, 0.3) is 0 Å². The maximum absolute atomic E-state index is 12.4. The summed E-state index contributed by atoms with van der Waals surface area (Å²) >= 11 is 0. The second-order valence-corrected chi connectivity index (χ2v) is 5.31. The lowest BCUT2D eigenvalue weighted by atomic mass is 9.96. The van der Waals surface area contributed by atoms with Crippen molar-refractivity contribution in [3.05, 3.63) is 29.8 Å². The van der Waals surface area contributed by atoms with Gasteiger partial charge in [-0.25, -0.2) is 4.79 Å². The molecule has 1 rings (SSSR count). The number of carboxylic acids is 1. The summed E-state index contributed by atoms with van der Waals surface area (Å²) in [7, 11) is 1.68. The van der Waals surface area contributed by atoms with Crippen LogP contribution in [0.1, 0.15) is 30.6 Å². The fourth-order valence-electron chi connectivity index (χ4n) is 2.10. The van der Waals surface area contributed by atoms with Crippen LogP contribution in [0.3, 0.4) is 0 Å². The second kappa shape index (κ2) is 7.05. The Morgan fingerprint density at radius 3 is 2.20 bits per heavy atom. The lowest BCUT2D eigenvalue weighted by Gasteiger charge is -2.24. The molecule has 1 amide bonds. The van der Waals surface area contributed by atoms with Crippen LogP contribution in [0, 0.1) is 11.8 Å². The minimum atomic E-state index is -0.981. The molecule has 0 aliphatic rings. The minimum Gasteiger partial charge on any atom is -0.478 e. The third kappa shape index (κ3) is 4.06. The number of carbonyl (C=O) groups excluding carboxylic acids is 1. The summed E-state index contributed by atoms with van der Waals surface area (Å²) in [4.78, 5) is 24.7. The molecule has 0 aromatic heterocycles. The number of amides is 1. The van der Waals surface area contributed by atoms with E-state index in [9.17, 15) is 9.59 Å². The molecule has 0 spiro atoms. The molecular formula is C15H22N2O3. The molecule has 5 nitrogen and oxygen atoms in total. The average molecular weight is 278 g/mol. The zero-order valence-corrected chi connectivity index (χ0v) is 12.2. The Morgan fingerprint density at radius 1 is 1.25 bits per heavy atom. The molecule has 20 heavy (non-hydrogen) atoms. The normalized spacial score (nSPS) is 12.2. The van der Waals surface area contributed by atoms with Gasteiger partial charge in [-0.15, -0.1) is 0 Å². The van der Waals surface area contributed by atoms with Gasteiger partial charge in [-0.3, -0.25) is 4.79 Å². The number of aromatic carboxylic acids is 1. The van der Waals surface area contributed by atoms with Gasteiger partial charge in [0, 0.05) is 19.3 Å². The summed E-state index contributed by atoms with van der Waals surface area (Å²) in [5.41, 5.74) is 6.55. The van der Waals surface area contributed by atoms with Gasteiger partial charge in [0.05, 0.1) is 11.5 Å². The van der Waals surface area contributed by atoms with Gasteiger partial charge in [-0.1, -0.05) is 13.8 Å². The van der Waals surface area contributed by atoms with Crippen molar-refractivity contribution in [1.29, 1.82) is 0 Å². The summed E-state index contributed by atoms with van der Waals surface area (Å²) < 4.78 is 0. The zero-order valence-electron chi connectivity index (χ0n) is 12.2. The van der Waals surface area contributed by atoms with Crippen LogP contribution in [0.15, 0.2) is 24.3 Å². The maximum Gasteiger partial charge on any atom is 0.335 e. The largest absolute Gasteiger partial charge is 0.478 e. The predicted octanol–water partition coefficient (Wildman–Crippen LogP) is 1.97. The highest BCUT2D eigenvalue weighted by molar-refractivity contribution is 5.95. The summed E-state index contributed by atoms with van der Waals surface area (Å²) in [6.45, 7) is 4.42. The van der Waals surface area contributed by atoms with Crippen LogP contribution < -0.4 is 10.6 Å². The number of nitrogens with zero attached hydrogens (tertiary/aromatic N) is 1. The molecule has 0 aliphatic heterocycles. The molecule has 0 radical (unpaired) electrons. The molecule has 5 heteroatoms. The highest BCUT2D eigenvalue weighted by Crippen LogP contribution is 2.19. The molecule has 1 unspecified atom stereocenters. The Morgan fingerprint density at radius 2 is 1.80 bits per heavy atom. The minimum absolute atomic E-state index is 0.0377. The van der Waals surface area contributed by atoms with Crippen LogP contribution in [-0.2, 0) is 4.79 Å². The van der Waals surface area contributed by atoms with Crippen LogP contribution in [0.4, 0.5) is 5.69 Å². The first kappa shape index (κ1) is 16.2. The number of rotatable bonds is 6. The number of carbonyl (C=O) groups is 2. The molecule has 0 saturated carbocycles. The van der Waals surface area contributed by atoms with Gasteiger partial charge in [0.15, 0.2) is 0 Å². The molecule has 1 aromatic rings. The van der Waals surface area contributed by atoms with Crippen LogP contribution in [0.5, 0.6) is 0 Å². The third-order valence-electron chi connectivity index (χ3n) is 3.22. The van der Waals surface area contributed by atoms with E-state index in [0.29, 0.717) is 18.2 Å². The summed E-state index contributed by atoms with van der Waals surface area (Å²) in [5.74, 6) is -0.830. The standard InChI is InChI=1S/C15H22N2O3/c1-10(2)8-12(9-16)14(18)17(3)13-6-4-11(5-7-13)15(19)20/h4-7,10,12H,8-9,16H2,1-3H3,(H,19,20). The van der Waals surface area contributed by atoms with Crippen molar-refractivity contribution in [2.75, 3.05) is 18.5 Å². The van der Waals surface area contributed by atoms with E-state index in [4.69, 9.17) is 10.8 Å². The SMILES string of the molecule is CC(C)CC(CN)C(=O)N(C)c1ccc(C(=O)O)cc1. The van der Waals surface area contributed by atoms with Gasteiger partial charge in [0.2, 0.25) is 5.91 Å². The van der Waals surface area contributed by atoms with Crippen molar-refractivity contribution in [3.63, 3.8) is 0 Å². The molecule has 0 heterocycles. The van der Waals surface area contributed by atoms with E-state index in [1.807, 2.05) is 0 Å². The fraction of sp³-hybridized carbons (Fsp3) is 0.467. The predicted molar refractivity (Wildman–Crippen MR) is 78.8 cm³/mol. The smallest absolute Gasteiger partial charge is 0.335 e. The molecule has 0 saturated heterocycles. The first-order valence-electron chi connectivity index (χ1n) is 6.67. The van der Waals surface area contributed by atoms with Gasteiger partial charge in [-0.05, 0) is 36.6 Å². The molecule has 0 aliphatic carbocycles. The maximum atomic E-state index is 12.4. The first-order valence-corrected chi connectivity index (χ1v) is 6.67. The van der Waals surface area contributed by atoms with E-state index in [0.717, 1.165) is 6.42 Å². The second-order valence-electron chi connectivity index (χ2n) is 5.31. The highest BCUT2D eigenvalue weighted by atomic mass is 16.4. The van der Waals surface area contributed by atoms with E-state index in [2.05, 4.69) is 13.8 Å². The third-order valence-corrected chi connectivity index (χ3v) is 3.22. The summed E-state index contributed by atoms with van der Waals surface area (Å²) in [6, 6.07) is 6.23. The number of hydrogen-bond acceptors (Lipinski definition) is 3. The lowest BCUT2D eigenvalue weighted by Crippen LogP contribution is -2.37. The number of anilines is 1. The van der Waals surface area contributed by atoms with E-state index >= 15 is 0 Å². The van der Waals surface area contributed by atoms with Crippen LogP contribution >= 0.6 is 0 Å². The molecule has 1 atom stereocenters. The van der Waals surface area contributed by atoms with E-state index in [-0.39, 0.29) is 17.4 Å². The Kier molecular flexibility index (Phi) is 5.70. The van der Waals surface area contributed by atoms with Crippen molar-refractivity contribution >= 4 is 17.6 Å². The highest BCUT2D eigenvalue weighted by Gasteiger charge is 2.22. The Balaban J connectivity index is 2.84. The average Bonchev–Trinajstić information content (AvgIpc) is 2.43. The van der Waals surface area contributed by atoms with Gasteiger partial charge in [-0.2, -0.15) is 0 Å². The van der Waals surface area contributed by atoms with Crippen molar-refractivity contribution in [1.82, 2.24) is 0 Å². The number of benzene rings is 1. The van der Waals surface area contributed by atoms with E-state index in [1.165, 1.54) is 17.0 Å². The van der Waals surface area contributed by atoms with Crippen LogP contribution in [-0.4, -0.2) is 30.6 Å². The topological polar surface area (TPSA) is 83.6 Å². The van der Waals surface area contributed by atoms with Crippen molar-refractivity contribution in [3.8, 4) is 0 Å². The Bertz CT molecular complexity index is 469. The first-order chi connectivity index (χ1) is 9.36. The Labute approximate surface area is 119 Å². The van der Waals surface area contributed by atoms with Crippen LogP contribution in [0.25, 0.3) is 0 Å². The molecule has 1 aromatic carbocycles. The molecule has 0 bridgehead atoms. The summed E-state index contributed by atoms with van der Waals surface area (Å²) in [5, 5.41) is 8.85. The Hall–Kier alpha value is -1.88. The number of nitrogens with two attached hydrogens (primary N) is 1. The molecule has 110 valence electrons. The quantitative estimate of drug-likeness (QED) is 0.833. The van der Waals surface area contributed by atoms with Crippen molar-refractivity contribution in [2.24, 2.45) is 17.6 Å². The zero-order chi connectivity index (χ0) is 15.3. The number of carboxylic acid groups (broad SMARTS) is 1.